The number of hydrogen-bond acceptors (Lipinski definition) is 3. The van der Waals surface area contributed by atoms with Gasteiger partial charge in [-0.15, -0.1) is 12.4 Å². The second-order valence-electron chi connectivity index (χ2n) is 7.17. The number of amides is 1. The molecule has 3 N–H and O–H groups in total. The highest BCUT2D eigenvalue weighted by Gasteiger charge is 2.36. The van der Waals surface area contributed by atoms with E-state index in [9.17, 15) is 4.79 Å². The van der Waals surface area contributed by atoms with Gasteiger partial charge in [-0.05, 0) is 31.2 Å². The number of nitrogens with two attached hydrogens (primary N) is 1. The number of nitrogens with one attached hydrogen (secondary N) is 1. The third-order valence-electron chi connectivity index (χ3n) is 4.93. The second kappa shape index (κ2) is 8.13. The third-order valence-corrected chi connectivity index (χ3v) is 4.93. The highest BCUT2D eigenvalue weighted by Crippen LogP contribution is 2.28. The van der Waals surface area contributed by atoms with Crippen molar-refractivity contribution in [3.8, 4) is 0 Å². The number of carbonyl (C=O) groups is 1. The fourth-order valence-electron chi connectivity index (χ4n) is 3.07. The molecular formula is C18H30ClN3O. The first-order valence-corrected chi connectivity index (χ1v) is 8.16. The molecule has 1 aliphatic rings. The zero-order valence-corrected chi connectivity index (χ0v) is 15.4. The van der Waals surface area contributed by atoms with E-state index >= 15 is 0 Å². The maximum Gasteiger partial charge on any atom is 0.237 e. The van der Waals surface area contributed by atoms with Crippen LogP contribution in [0.2, 0.25) is 0 Å². The van der Waals surface area contributed by atoms with Gasteiger partial charge >= 0.3 is 0 Å². The Bertz CT molecular complexity index is 506. The van der Waals surface area contributed by atoms with Crippen LogP contribution in [-0.4, -0.2) is 36.0 Å². The normalized spacial score (nSPS) is 23.4. The molecular weight excluding hydrogens is 310 g/mol. The van der Waals surface area contributed by atoms with Gasteiger partial charge in [0.25, 0.3) is 0 Å². The minimum atomic E-state index is -0.127. The molecule has 1 aromatic carbocycles. The topological polar surface area (TPSA) is 58.4 Å². The van der Waals surface area contributed by atoms with Crippen LogP contribution in [0.4, 0.5) is 0 Å². The largest absolute Gasteiger partial charge is 0.348 e. The van der Waals surface area contributed by atoms with E-state index in [1.54, 1.807) is 0 Å². The van der Waals surface area contributed by atoms with Crippen LogP contribution in [0.15, 0.2) is 30.3 Å². The van der Waals surface area contributed by atoms with Gasteiger partial charge in [0.15, 0.2) is 0 Å². The van der Waals surface area contributed by atoms with Crippen molar-refractivity contribution < 1.29 is 4.79 Å². The lowest BCUT2D eigenvalue weighted by Gasteiger charge is -2.44. The Morgan fingerprint density at radius 1 is 1.30 bits per heavy atom. The van der Waals surface area contributed by atoms with Crippen molar-refractivity contribution in [3.63, 3.8) is 0 Å². The van der Waals surface area contributed by atoms with Crippen molar-refractivity contribution in [1.82, 2.24) is 10.2 Å². The monoisotopic (exact) mass is 339 g/mol. The lowest BCUT2D eigenvalue weighted by molar-refractivity contribution is -0.127. The fraction of sp³-hybridized carbons (Fsp3) is 0.611. The molecule has 3 unspecified atom stereocenters. The molecule has 23 heavy (non-hydrogen) atoms. The summed E-state index contributed by atoms with van der Waals surface area (Å²) < 4.78 is 0. The number of carbonyl (C=O) groups excluding carboxylic acids is 1. The predicted molar refractivity (Wildman–Crippen MR) is 97.7 cm³/mol. The number of halogens is 1. The maximum absolute atomic E-state index is 12.5. The highest BCUT2D eigenvalue weighted by molar-refractivity contribution is 5.85. The van der Waals surface area contributed by atoms with Gasteiger partial charge in [-0.2, -0.15) is 0 Å². The summed E-state index contributed by atoms with van der Waals surface area (Å²) in [6.45, 7) is 10.1. The maximum atomic E-state index is 12.5. The number of benzene rings is 1. The summed E-state index contributed by atoms with van der Waals surface area (Å²) >= 11 is 0. The van der Waals surface area contributed by atoms with E-state index in [-0.39, 0.29) is 41.9 Å². The van der Waals surface area contributed by atoms with E-state index in [4.69, 9.17) is 5.73 Å². The Morgan fingerprint density at radius 2 is 1.91 bits per heavy atom. The molecule has 1 aliphatic heterocycles. The van der Waals surface area contributed by atoms with E-state index in [1.165, 1.54) is 0 Å². The zero-order valence-electron chi connectivity index (χ0n) is 14.6. The minimum absolute atomic E-state index is 0. The molecule has 1 amide bonds. The van der Waals surface area contributed by atoms with Gasteiger partial charge in [0.1, 0.15) is 0 Å². The smallest absolute Gasteiger partial charge is 0.237 e. The van der Waals surface area contributed by atoms with Crippen LogP contribution in [0.1, 0.15) is 45.7 Å². The van der Waals surface area contributed by atoms with E-state index in [2.05, 4.69) is 24.1 Å². The van der Waals surface area contributed by atoms with Gasteiger partial charge in [0.2, 0.25) is 5.91 Å². The van der Waals surface area contributed by atoms with Gasteiger partial charge in [0, 0.05) is 19.1 Å². The first-order valence-electron chi connectivity index (χ1n) is 8.16. The SMILES string of the molecule is CC(NC(=O)C(C)N1CCC(N)C(C)(C)C1)c1ccccc1.Cl. The summed E-state index contributed by atoms with van der Waals surface area (Å²) in [5.41, 5.74) is 7.36. The van der Waals surface area contributed by atoms with Gasteiger partial charge in [0.05, 0.1) is 12.1 Å². The number of hydrogen-bond donors (Lipinski definition) is 2. The third kappa shape index (κ3) is 4.93. The Labute approximate surface area is 146 Å². The van der Waals surface area contributed by atoms with Gasteiger partial charge in [-0.1, -0.05) is 44.2 Å². The molecule has 0 aliphatic carbocycles. The molecule has 1 fully saturated rings. The van der Waals surface area contributed by atoms with Crippen LogP contribution < -0.4 is 11.1 Å². The molecule has 1 heterocycles. The Hall–Kier alpha value is -1.10. The first kappa shape index (κ1) is 19.9. The van der Waals surface area contributed by atoms with Crippen LogP contribution in [0, 0.1) is 5.41 Å². The summed E-state index contributed by atoms with van der Waals surface area (Å²) in [7, 11) is 0. The molecule has 2 rings (SSSR count). The van der Waals surface area contributed by atoms with E-state index in [0.717, 1.165) is 25.1 Å². The molecule has 1 saturated heterocycles. The zero-order chi connectivity index (χ0) is 16.3. The van der Waals surface area contributed by atoms with Crippen molar-refractivity contribution in [2.45, 2.75) is 52.2 Å². The summed E-state index contributed by atoms with van der Waals surface area (Å²) in [5.74, 6) is 0.0858. The lowest BCUT2D eigenvalue weighted by atomic mass is 9.79. The summed E-state index contributed by atoms with van der Waals surface area (Å²) in [6, 6.07) is 10.2. The number of nitrogens with zero attached hydrogens (tertiary/aromatic N) is 1. The van der Waals surface area contributed by atoms with Gasteiger partial charge in [-0.3, -0.25) is 9.69 Å². The summed E-state index contributed by atoms with van der Waals surface area (Å²) in [6.07, 6.45) is 0.943. The van der Waals surface area contributed by atoms with E-state index in [0.29, 0.717) is 0 Å². The second-order valence-corrected chi connectivity index (χ2v) is 7.17. The molecule has 1 aromatic rings. The van der Waals surface area contributed by atoms with Gasteiger partial charge < -0.3 is 11.1 Å². The van der Waals surface area contributed by atoms with Crippen molar-refractivity contribution in [1.29, 1.82) is 0 Å². The molecule has 130 valence electrons. The minimum Gasteiger partial charge on any atom is -0.348 e. The predicted octanol–water partition coefficient (Wildman–Crippen LogP) is 2.73. The molecule has 4 nitrogen and oxygen atoms in total. The fourth-order valence-corrected chi connectivity index (χ4v) is 3.07. The van der Waals surface area contributed by atoms with Crippen LogP contribution in [0.5, 0.6) is 0 Å². The molecule has 0 radical (unpaired) electrons. The summed E-state index contributed by atoms with van der Waals surface area (Å²) in [5, 5.41) is 3.12. The molecule has 0 bridgehead atoms. The number of piperidine rings is 1. The lowest BCUT2D eigenvalue weighted by Crippen LogP contribution is -2.57. The average Bonchev–Trinajstić information content (AvgIpc) is 2.50. The van der Waals surface area contributed by atoms with Crippen LogP contribution in [-0.2, 0) is 4.79 Å². The van der Waals surface area contributed by atoms with Crippen LogP contribution >= 0.6 is 12.4 Å². The van der Waals surface area contributed by atoms with E-state index in [1.807, 2.05) is 44.2 Å². The number of rotatable bonds is 4. The Balaban J connectivity index is 0.00000264. The first-order chi connectivity index (χ1) is 10.3. The van der Waals surface area contributed by atoms with Crippen LogP contribution in [0.25, 0.3) is 0 Å². The molecule has 0 saturated carbocycles. The molecule has 0 spiro atoms. The quantitative estimate of drug-likeness (QED) is 0.886. The Morgan fingerprint density at radius 3 is 2.48 bits per heavy atom. The Kier molecular flexibility index (Phi) is 7.05. The van der Waals surface area contributed by atoms with Crippen molar-refractivity contribution in [2.24, 2.45) is 11.1 Å². The van der Waals surface area contributed by atoms with Gasteiger partial charge in [-0.25, -0.2) is 0 Å². The van der Waals surface area contributed by atoms with Crippen molar-refractivity contribution in [3.05, 3.63) is 35.9 Å². The number of likely N-dealkylation sites (tertiary alicyclic amines) is 1. The van der Waals surface area contributed by atoms with Crippen molar-refractivity contribution in [2.75, 3.05) is 13.1 Å². The standard InChI is InChI=1S/C18H29N3O.ClH/c1-13(15-8-6-5-7-9-15)20-17(22)14(2)21-11-10-16(19)18(3,4)12-21;/h5-9,13-14,16H,10-12,19H2,1-4H3,(H,20,22);1H. The molecule has 3 atom stereocenters. The summed E-state index contributed by atoms with van der Waals surface area (Å²) in [4.78, 5) is 14.8. The van der Waals surface area contributed by atoms with E-state index < -0.39 is 0 Å². The molecule has 0 aromatic heterocycles. The van der Waals surface area contributed by atoms with Crippen molar-refractivity contribution >= 4 is 18.3 Å². The molecule has 5 heteroatoms. The average molecular weight is 340 g/mol. The van der Waals surface area contributed by atoms with Crippen LogP contribution in [0.3, 0.4) is 0 Å². The highest BCUT2D eigenvalue weighted by atomic mass is 35.5.